The Bertz CT molecular complexity index is 1810. The van der Waals surface area contributed by atoms with E-state index in [4.69, 9.17) is 33.8 Å². The summed E-state index contributed by atoms with van der Waals surface area (Å²) in [6.45, 7) is 1.97. The average Bonchev–Trinajstić information content (AvgIpc) is 3.71. The monoisotopic (exact) mass is 520 g/mol. The van der Waals surface area contributed by atoms with Crippen LogP contribution in [-0.4, -0.2) is 43.6 Å². The predicted molar refractivity (Wildman–Crippen MR) is 141 cm³/mol. The van der Waals surface area contributed by atoms with Gasteiger partial charge in [0, 0.05) is 6.42 Å². The second-order valence-electron chi connectivity index (χ2n) is 9.23. The molecular weight excluding hydrogens is 496 g/mol. The molecule has 39 heavy (non-hydrogen) atoms. The summed E-state index contributed by atoms with van der Waals surface area (Å²) in [6, 6.07) is 19.5. The average molecular weight is 521 g/mol. The first kappa shape index (κ1) is 23.0. The molecule has 7 rings (SSSR count). The number of benzene rings is 2. The number of ether oxygens (including phenoxy) is 3. The summed E-state index contributed by atoms with van der Waals surface area (Å²) in [6.07, 6.45) is 3.79. The van der Waals surface area contributed by atoms with Gasteiger partial charge in [0.05, 0.1) is 48.9 Å². The molecule has 194 valence electrons. The lowest BCUT2D eigenvalue weighted by Gasteiger charge is -2.24. The van der Waals surface area contributed by atoms with E-state index < -0.39 is 0 Å². The van der Waals surface area contributed by atoms with Crippen molar-refractivity contribution < 1.29 is 18.6 Å². The van der Waals surface area contributed by atoms with Crippen molar-refractivity contribution >= 4 is 5.65 Å². The number of para-hydroxylation sites is 1. The fourth-order valence-electron chi connectivity index (χ4n) is 5.15. The van der Waals surface area contributed by atoms with Crippen molar-refractivity contribution in [2.45, 2.75) is 19.3 Å². The fourth-order valence-corrected chi connectivity index (χ4v) is 5.15. The number of nitrogens with zero attached hydrogens (tertiary/aromatic N) is 6. The molecule has 0 fully saturated rings. The van der Waals surface area contributed by atoms with E-state index in [1.807, 2.05) is 72.3 Å². The summed E-state index contributed by atoms with van der Waals surface area (Å²) in [5.41, 5.74) is 5.04. The third-order valence-electron chi connectivity index (χ3n) is 6.90. The van der Waals surface area contributed by atoms with E-state index in [2.05, 4.69) is 4.98 Å². The standard InChI is InChI=1S/C29H24N6O4/c1-17-24-25(21-10-7-13-38-21)26-27-31-23(15-18-11-12-20(36-2)22(14-18)37-3)33-34(27)16-30-28(26)39-29(24)35(32-17)19-8-5-4-6-9-19/h4-14,16,25H,15H2,1-3H3. The predicted octanol–water partition coefficient (Wildman–Crippen LogP) is 5.11. The van der Waals surface area contributed by atoms with Crippen molar-refractivity contribution in [3.05, 3.63) is 107 Å². The van der Waals surface area contributed by atoms with Gasteiger partial charge in [0.15, 0.2) is 23.0 Å². The van der Waals surface area contributed by atoms with E-state index in [0.29, 0.717) is 41.2 Å². The molecule has 10 heteroatoms. The third kappa shape index (κ3) is 3.71. The van der Waals surface area contributed by atoms with Gasteiger partial charge < -0.3 is 18.6 Å². The lowest BCUT2D eigenvalue weighted by Crippen LogP contribution is -2.15. The van der Waals surface area contributed by atoms with Crippen molar-refractivity contribution in [2.75, 3.05) is 14.2 Å². The van der Waals surface area contributed by atoms with Gasteiger partial charge in [-0.25, -0.2) is 19.2 Å². The van der Waals surface area contributed by atoms with Gasteiger partial charge in [-0.15, -0.1) is 5.10 Å². The maximum atomic E-state index is 6.44. The summed E-state index contributed by atoms with van der Waals surface area (Å²) in [5, 5.41) is 9.56. The highest BCUT2D eigenvalue weighted by molar-refractivity contribution is 5.65. The number of hydrogen-bond donors (Lipinski definition) is 0. The van der Waals surface area contributed by atoms with Gasteiger partial charge in [0.2, 0.25) is 11.8 Å². The summed E-state index contributed by atoms with van der Waals surface area (Å²) >= 11 is 0. The molecule has 2 aromatic carbocycles. The van der Waals surface area contributed by atoms with Crippen LogP contribution in [-0.2, 0) is 6.42 Å². The molecule has 1 unspecified atom stereocenters. The molecule has 4 aromatic heterocycles. The lowest BCUT2D eigenvalue weighted by atomic mass is 9.88. The quantitative estimate of drug-likeness (QED) is 0.298. The SMILES string of the molecule is COc1ccc(Cc2nc3c4c(ncn3n2)Oc2c(c(C)nn2-c2ccccc2)C4c2ccco2)cc1OC. The van der Waals surface area contributed by atoms with Crippen molar-refractivity contribution in [1.82, 2.24) is 29.4 Å². The highest BCUT2D eigenvalue weighted by atomic mass is 16.5. The molecule has 10 nitrogen and oxygen atoms in total. The summed E-state index contributed by atoms with van der Waals surface area (Å²) < 4.78 is 26.7. The maximum absolute atomic E-state index is 6.44. The van der Waals surface area contributed by atoms with Gasteiger partial charge >= 0.3 is 0 Å². The van der Waals surface area contributed by atoms with Crippen LogP contribution in [0.15, 0.2) is 77.7 Å². The molecule has 5 heterocycles. The highest BCUT2D eigenvalue weighted by Crippen LogP contribution is 2.49. The van der Waals surface area contributed by atoms with Gasteiger partial charge in [-0.05, 0) is 48.9 Å². The Kier molecular flexibility index (Phi) is 5.32. The second-order valence-corrected chi connectivity index (χ2v) is 9.23. The Hall–Kier alpha value is -5.12. The number of hydrogen-bond acceptors (Lipinski definition) is 8. The zero-order chi connectivity index (χ0) is 26.5. The minimum atomic E-state index is -0.328. The van der Waals surface area contributed by atoms with Crippen LogP contribution in [0.2, 0.25) is 0 Å². The van der Waals surface area contributed by atoms with Crippen molar-refractivity contribution in [3.63, 3.8) is 0 Å². The largest absolute Gasteiger partial charge is 0.493 e. The van der Waals surface area contributed by atoms with Crippen LogP contribution in [0.1, 0.15) is 39.9 Å². The van der Waals surface area contributed by atoms with E-state index in [0.717, 1.165) is 33.8 Å². The highest BCUT2D eigenvalue weighted by Gasteiger charge is 2.39. The number of methoxy groups -OCH3 is 2. The minimum absolute atomic E-state index is 0.328. The number of aromatic nitrogens is 6. The Balaban J connectivity index is 1.36. The Morgan fingerprint density at radius 3 is 2.54 bits per heavy atom. The molecule has 0 radical (unpaired) electrons. The van der Waals surface area contributed by atoms with Gasteiger partial charge in [0.1, 0.15) is 12.1 Å². The summed E-state index contributed by atoms with van der Waals surface area (Å²) in [4.78, 5) is 9.58. The number of furan rings is 1. The van der Waals surface area contributed by atoms with Crippen LogP contribution in [0, 0.1) is 6.92 Å². The van der Waals surface area contributed by atoms with Gasteiger partial charge in [-0.3, -0.25) is 0 Å². The first-order chi connectivity index (χ1) is 19.1. The molecule has 0 amide bonds. The topological polar surface area (TPSA) is 102 Å². The maximum Gasteiger partial charge on any atom is 0.230 e. The van der Waals surface area contributed by atoms with Crippen LogP contribution in [0.4, 0.5) is 0 Å². The molecule has 0 bridgehead atoms. The minimum Gasteiger partial charge on any atom is -0.493 e. The molecule has 1 atom stereocenters. The Morgan fingerprint density at radius 2 is 1.77 bits per heavy atom. The number of rotatable bonds is 6. The van der Waals surface area contributed by atoms with Crippen molar-refractivity contribution in [1.29, 1.82) is 0 Å². The molecule has 0 spiro atoms. The van der Waals surface area contributed by atoms with Gasteiger partial charge in [-0.2, -0.15) is 5.10 Å². The van der Waals surface area contributed by atoms with Gasteiger partial charge in [0.25, 0.3) is 0 Å². The molecular formula is C29H24N6O4. The first-order valence-electron chi connectivity index (χ1n) is 12.5. The van der Waals surface area contributed by atoms with Crippen LogP contribution < -0.4 is 14.2 Å². The van der Waals surface area contributed by atoms with E-state index in [1.165, 1.54) is 0 Å². The molecule has 0 saturated carbocycles. The number of fused-ring (bicyclic) bond motifs is 4. The molecule has 1 aliphatic heterocycles. The van der Waals surface area contributed by atoms with Crippen LogP contribution in [0.3, 0.4) is 0 Å². The van der Waals surface area contributed by atoms with Crippen LogP contribution in [0.25, 0.3) is 11.3 Å². The molecule has 1 aliphatic rings. The second kappa shape index (κ2) is 9.02. The third-order valence-corrected chi connectivity index (χ3v) is 6.90. The Labute approximate surface area is 223 Å². The zero-order valence-corrected chi connectivity index (χ0v) is 21.5. The Morgan fingerprint density at radius 1 is 0.923 bits per heavy atom. The van der Waals surface area contributed by atoms with Crippen molar-refractivity contribution in [3.8, 4) is 28.9 Å². The fraction of sp³-hybridized carbons (Fsp3) is 0.172. The number of aryl methyl sites for hydroxylation is 1. The van der Waals surface area contributed by atoms with E-state index in [1.54, 1.807) is 31.3 Å². The summed E-state index contributed by atoms with van der Waals surface area (Å²) in [7, 11) is 3.24. The molecule has 0 saturated heterocycles. The van der Waals surface area contributed by atoms with Crippen molar-refractivity contribution in [2.24, 2.45) is 0 Å². The molecule has 6 aromatic rings. The zero-order valence-electron chi connectivity index (χ0n) is 21.5. The van der Waals surface area contributed by atoms with Crippen LogP contribution >= 0.6 is 0 Å². The summed E-state index contributed by atoms with van der Waals surface area (Å²) in [5.74, 6) is 3.43. The molecule has 0 aliphatic carbocycles. The normalized spacial score (nSPS) is 14.1. The first-order valence-corrected chi connectivity index (χ1v) is 12.5. The van der Waals surface area contributed by atoms with Crippen LogP contribution in [0.5, 0.6) is 23.3 Å². The smallest absolute Gasteiger partial charge is 0.230 e. The van der Waals surface area contributed by atoms with Gasteiger partial charge in [-0.1, -0.05) is 24.3 Å². The van der Waals surface area contributed by atoms with E-state index in [-0.39, 0.29) is 5.92 Å². The molecule has 0 N–H and O–H groups in total. The lowest BCUT2D eigenvalue weighted by molar-refractivity contribution is 0.354. The van der Waals surface area contributed by atoms with E-state index in [9.17, 15) is 0 Å². The van der Waals surface area contributed by atoms with E-state index >= 15 is 0 Å².